The van der Waals surface area contributed by atoms with Crippen LogP contribution < -0.4 is 0 Å². The van der Waals surface area contributed by atoms with Crippen molar-refractivity contribution in [1.82, 2.24) is 4.31 Å². The van der Waals surface area contributed by atoms with Crippen LogP contribution in [0.15, 0.2) is 44.1 Å². The SMILES string of the molecule is Cc1ccc(S(=O)(=O)N(Cc2ccc([C@@H]3C[C@@H]3C)o2)C2CC2)c(Br)c1. The van der Waals surface area contributed by atoms with Gasteiger partial charge < -0.3 is 4.42 Å². The van der Waals surface area contributed by atoms with E-state index >= 15 is 0 Å². The van der Waals surface area contributed by atoms with Crippen molar-refractivity contribution in [2.45, 2.75) is 56.5 Å². The second-order valence-corrected chi connectivity index (χ2v) is 10.1. The van der Waals surface area contributed by atoms with Crippen molar-refractivity contribution in [3.63, 3.8) is 0 Å². The van der Waals surface area contributed by atoms with Crippen LogP contribution in [0.1, 0.15) is 49.2 Å². The molecule has 2 atom stereocenters. The number of rotatable bonds is 6. The molecule has 25 heavy (non-hydrogen) atoms. The normalized spacial score (nSPS) is 23.2. The summed E-state index contributed by atoms with van der Waals surface area (Å²) in [6.07, 6.45) is 2.99. The standard InChI is InChI=1S/C19H22BrNO3S/c1-12-3-8-19(17(20)9-12)25(22,23)21(14-4-5-14)11-15-6-7-18(24-15)16-10-13(16)2/h3,6-9,13-14,16H,4-5,10-11H2,1-2H3/t13-,16+/m0/s1. The fourth-order valence-electron chi connectivity index (χ4n) is 3.27. The fourth-order valence-corrected chi connectivity index (χ4v) is 6.07. The van der Waals surface area contributed by atoms with Crippen molar-refractivity contribution >= 4 is 26.0 Å². The van der Waals surface area contributed by atoms with Gasteiger partial charge in [-0.25, -0.2) is 8.42 Å². The molecular formula is C19H22BrNO3S. The van der Waals surface area contributed by atoms with Crippen LogP contribution >= 0.6 is 15.9 Å². The van der Waals surface area contributed by atoms with E-state index in [4.69, 9.17) is 4.42 Å². The zero-order chi connectivity index (χ0) is 17.8. The molecule has 1 heterocycles. The summed E-state index contributed by atoms with van der Waals surface area (Å²) in [5.74, 6) is 2.90. The third-order valence-electron chi connectivity index (χ3n) is 5.10. The van der Waals surface area contributed by atoms with Gasteiger partial charge in [0.25, 0.3) is 0 Å². The highest BCUT2D eigenvalue weighted by Crippen LogP contribution is 2.47. The van der Waals surface area contributed by atoms with E-state index in [1.165, 1.54) is 0 Å². The van der Waals surface area contributed by atoms with Gasteiger partial charge in [-0.15, -0.1) is 0 Å². The summed E-state index contributed by atoms with van der Waals surface area (Å²) in [6.45, 7) is 4.46. The van der Waals surface area contributed by atoms with Crippen LogP contribution in [0.25, 0.3) is 0 Å². The van der Waals surface area contributed by atoms with E-state index in [1.54, 1.807) is 10.4 Å². The minimum Gasteiger partial charge on any atom is -0.464 e. The number of hydrogen-bond donors (Lipinski definition) is 0. The minimum atomic E-state index is -3.56. The summed E-state index contributed by atoms with van der Waals surface area (Å²) in [7, 11) is -3.56. The van der Waals surface area contributed by atoms with E-state index in [9.17, 15) is 8.42 Å². The second kappa shape index (κ2) is 6.25. The summed E-state index contributed by atoms with van der Waals surface area (Å²) >= 11 is 3.41. The lowest BCUT2D eigenvalue weighted by molar-refractivity contribution is 0.347. The summed E-state index contributed by atoms with van der Waals surface area (Å²) in [5, 5.41) is 0. The molecule has 134 valence electrons. The monoisotopic (exact) mass is 423 g/mol. The molecular weight excluding hydrogens is 402 g/mol. The van der Waals surface area contributed by atoms with Gasteiger partial charge >= 0.3 is 0 Å². The number of furan rings is 1. The predicted octanol–water partition coefficient (Wildman–Crippen LogP) is 4.83. The Kier molecular flexibility index (Phi) is 4.33. The lowest BCUT2D eigenvalue weighted by Crippen LogP contribution is -2.32. The highest BCUT2D eigenvalue weighted by atomic mass is 79.9. The van der Waals surface area contributed by atoms with Gasteiger partial charge in [0.2, 0.25) is 10.0 Å². The smallest absolute Gasteiger partial charge is 0.244 e. The van der Waals surface area contributed by atoms with Crippen molar-refractivity contribution in [3.05, 3.63) is 51.9 Å². The molecule has 6 heteroatoms. The molecule has 1 aromatic carbocycles. The summed E-state index contributed by atoms with van der Waals surface area (Å²) in [5.41, 5.74) is 1.03. The Hall–Kier alpha value is -1.11. The largest absolute Gasteiger partial charge is 0.464 e. The number of aryl methyl sites for hydroxylation is 1. The molecule has 0 unspecified atom stereocenters. The molecule has 4 nitrogen and oxygen atoms in total. The van der Waals surface area contributed by atoms with Crippen molar-refractivity contribution in [3.8, 4) is 0 Å². The first kappa shape index (κ1) is 17.3. The number of hydrogen-bond acceptors (Lipinski definition) is 3. The Morgan fingerprint density at radius 1 is 1.24 bits per heavy atom. The van der Waals surface area contributed by atoms with E-state index in [0.29, 0.717) is 27.7 Å². The van der Waals surface area contributed by atoms with E-state index in [-0.39, 0.29) is 6.04 Å². The van der Waals surface area contributed by atoms with Crippen molar-refractivity contribution in [2.75, 3.05) is 0 Å². The first-order valence-corrected chi connectivity index (χ1v) is 11.0. The highest BCUT2D eigenvalue weighted by molar-refractivity contribution is 9.10. The van der Waals surface area contributed by atoms with Crippen molar-refractivity contribution < 1.29 is 12.8 Å². The average molecular weight is 424 g/mol. The molecule has 0 N–H and O–H groups in total. The Labute approximate surface area is 157 Å². The Morgan fingerprint density at radius 3 is 2.56 bits per heavy atom. The van der Waals surface area contributed by atoms with Crippen molar-refractivity contribution in [2.24, 2.45) is 5.92 Å². The van der Waals surface area contributed by atoms with Crippen LogP contribution in [0.2, 0.25) is 0 Å². The third kappa shape index (κ3) is 3.44. The molecule has 1 aromatic heterocycles. The van der Waals surface area contributed by atoms with Gasteiger partial charge in [0.15, 0.2) is 0 Å². The maximum absolute atomic E-state index is 13.2. The number of nitrogens with zero attached hydrogens (tertiary/aromatic N) is 1. The molecule has 0 aliphatic heterocycles. The van der Waals surface area contributed by atoms with Crippen molar-refractivity contribution in [1.29, 1.82) is 0 Å². The number of halogens is 1. The topological polar surface area (TPSA) is 50.5 Å². The molecule has 0 saturated heterocycles. The van der Waals surface area contributed by atoms with Gasteiger partial charge in [0, 0.05) is 16.4 Å². The molecule has 0 radical (unpaired) electrons. The van der Waals surface area contributed by atoms with Gasteiger partial charge in [0.1, 0.15) is 11.5 Å². The van der Waals surface area contributed by atoms with Gasteiger partial charge in [-0.2, -0.15) is 4.31 Å². The zero-order valence-electron chi connectivity index (χ0n) is 14.4. The lowest BCUT2D eigenvalue weighted by atomic mass is 10.2. The molecule has 2 fully saturated rings. The second-order valence-electron chi connectivity index (χ2n) is 7.34. The zero-order valence-corrected chi connectivity index (χ0v) is 16.8. The lowest BCUT2D eigenvalue weighted by Gasteiger charge is -2.21. The first-order valence-electron chi connectivity index (χ1n) is 8.73. The summed E-state index contributed by atoms with van der Waals surface area (Å²) in [4.78, 5) is 0.326. The Balaban J connectivity index is 1.61. The molecule has 0 bridgehead atoms. The van der Waals surface area contributed by atoms with Gasteiger partial charge in [0.05, 0.1) is 11.4 Å². The van der Waals surface area contributed by atoms with Crippen LogP contribution in [0, 0.1) is 12.8 Å². The maximum atomic E-state index is 13.2. The maximum Gasteiger partial charge on any atom is 0.244 e. The molecule has 2 saturated carbocycles. The molecule has 0 amide bonds. The van der Waals surface area contributed by atoms with E-state index < -0.39 is 10.0 Å². The van der Waals surface area contributed by atoms with Gasteiger partial charge in [-0.05, 0) is 77.9 Å². The average Bonchev–Trinajstić information content (AvgIpc) is 3.45. The molecule has 2 aliphatic carbocycles. The molecule has 0 spiro atoms. The van der Waals surface area contributed by atoms with Crippen LogP contribution in [-0.2, 0) is 16.6 Å². The van der Waals surface area contributed by atoms with Crippen LogP contribution in [0.4, 0.5) is 0 Å². The van der Waals surface area contributed by atoms with Gasteiger partial charge in [-0.3, -0.25) is 0 Å². The third-order valence-corrected chi connectivity index (χ3v) is 7.97. The Bertz CT molecular complexity index is 901. The number of sulfonamides is 1. The summed E-state index contributed by atoms with van der Waals surface area (Å²) < 4.78 is 34.6. The first-order chi connectivity index (χ1) is 11.9. The highest BCUT2D eigenvalue weighted by Gasteiger charge is 2.40. The fraction of sp³-hybridized carbons (Fsp3) is 0.474. The predicted molar refractivity (Wildman–Crippen MR) is 99.9 cm³/mol. The summed E-state index contributed by atoms with van der Waals surface area (Å²) in [6, 6.07) is 9.37. The number of benzene rings is 1. The Morgan fingerprint density at radius 2 is 1.96 bits per heavy atom. The molecule has 2 aromatic rings. The van der Waals surface area contributed by atoms with E-state index in [1.807, 2.05) is 31.2 Å². The van der Waals surface area contributed by atoms with E-state index in [2.05, 4.69) is 22.9 Å². The van der Waals surface area contributed by atoms with Crippen LogP contribution in [0.5, 0.6) is 0 Å². The van der Waals surface area contributed by atoms with Crippen LogP contribution in [0.3, 0.4) is 0 Å². The van der Waals surface area contributed by atoms with Gasteiger partial charge in [-0.1, -0.05) is 13.0 Å². The van der Waals surface area contributed by atoms with Crippen LogP contribution in [-0.4, -0.2) is 18.8 Å². The molecule has 2 aliphatic rings. The minimum absolute atomic E-state index is 0.0756. The van der Waals surface area contributed by atoms with E-state index in [0.717, 1.165) is 36.3 Å². The quantitative estimate of drug-likeness (QED) is 0.668. The molecule has 4 rings (SSSR count).